The van der Waals surface area contributed by atoms with Crippen LogP contribution in [0.4, 0.5) is 0 Å². The molecule has 0 saturated heterocycles. The van der Waals surface area contributed by atoms with Gasteiger partial charge in [-0.15, -0.1) is 0 Å². The molecule has 0 aliphatic carbocycles. The second-order valence-corrected chi connectivity index (χ2v) is 7.82. The Bertz CT molecular complexity index is 1330. The molecule has 7 nitrogen and oxygen atoms in total. The van der Waals surface area contributed by atoms with Crippen molar-refractivity contribution < 1.29 is 9.53 Å². The first-order valence-corrected chi connectivity index (χ1v) is 11.0. The zero-order valence-electron chi connectivity index (χ0n) is 18.5. The maximum atomic E-state index is 13.2. The van der Waals surface area contributed by atoms with Gasteiger partial charge in [-0.25, -0.2) is 14.6 Å². The quantitative estimate of drug-likeness (QED) is 0.351. The molecule has 0 spiro atoms. The molecule has 34 heavy (non-hydrogen) atoms. The van der Waals surface area contributed by atoms with Crippen molar-refractivity contribution >= 4 is 16.9 Å². The van der Waals surface area contributed by atoms with Crippen molar-refractivity contribution in [3.05, 3.63) is 115 Å². The van der Waals surface area contributed by atoms with Crippen LogP contribution in [0.2, 0.25) is 0 Å². The van der Waals surface area contributed by atoms with Crippen molar-refractivity contribution in [2.75, 3.05) is 6.61 Å². The summed E-state index contributed by atoms with van der Waals surface area (Å²) in [7, 11) is 0. The number of para-hydroxylation sites is 1. The highest BCUT2D eigenvalue weighted by molar-refractivity contribution is 5.82. The number of benzene rings is 3. The van der Waals surface area contributed by atoms with Crippen LogP contribution in [-0.4, -0.2) is 37.2 Å². The lowest BCUT2D eigenvalue weighted by Crippen LogP contribution is -2.34. The Hall–Kier alpha value is -4.52. The van der Waals surface area contributed by atoms with Crippen molar-refractivity contribution in [1.29, 1.82) is 0 Å². The first-order chi connectivity index (χ1) is 16.8. The van der Waals surface area contributed by atoms with Gasteiger partial charge >= 0.3 is 0 Å². The summed E-state index contributed by atoms with van der Waals surface area (Å²) in [6, 6.07) is 29.6. The summed E-state index contributed by atoms with van der Waals surface area (Å²) in [5, 5.41) is 5.09. The molecule has 7 heteroatoms. The Morgan fingerprint density at radius 2 is 1.38 bits per heavy atom. The van der Waals surface area contributed by atoms with Crippen LogP contribution in [0.1, 0.15) is 11.1 Å². The number of fused-ring (bicyclic) bond motifs is 1. The van der Waals surface area contributed by atoms with Crippen molar-refractivity contribution in [1.82, 2.24) is 24.6 Å². The van der Waals surface area contributed by atoms with Crippen molar-refractivity contribution in [3.63, 3.8) is 0 Å². The van der Waals surface area contributed by atoms with Gasteiger partial charge in [0.15, 0.2) is 12.3 Å². The van der Waals surface area contributed by atoms with E-state index in [9.17, 15) is 4.79 Å². The normalized spacial score (nSPS) is 10.8. The number of hydrogen-bond acceptors (Lipinski definition) is 5. The van der Waals surface area contributed by atoms with E-state index in [-0.39, 0.29) is 12.5 Å². The van der Waals surface area contributed by atoms with Crippen LogP contribution in [0.5, 0.6) is 5.88 Å². The molecule has 2 heterocycles. The van der Waals surface area contributed by atoms with E-state index in [4.69, 9.17) is 4.74 Å². The van der Waals surface area contributed by atoms with E-state index >= 15 is 0 Å². The van der Waals surface area contributed by atoms with Gasteiger partial charge < -0.3 is 9.64 Å². The summed E-state index contributed by atoms with van der Waals surface area (Å²) >= 11 is 0. The van der Waals surface area contributed by atoms with Crippen LogP contribution in [0.15, 0.2) is 104 Å². The molecule has 0 aliphatic rings. The number of aromatic nitrogens is 4. The highest BCUT2D eigenvalue weighted by Gasteiger charge is 2.18. The summed E-state index contributed by atoms with van der Waals surface area (Å²) < 4.78 is 7.62. The average molecular weight is 450 g/mol. The van der Waals surface area contributed by atoms with E-state index in [1.165, 1.54) is 6.33 Å². The first-order valence-electron chi connectivity index (χ1n) is 11.0. The van der Waals surface area contributed by atoms with Gasteiger partial charge in [0.1, 0.15) is 11.7 Å². The Kier molecular flexibility index (Phi) is 6.25. The zero-order valence-corrected chi connectivity index (χ0v) is 18.5. The smallest absolute Gasteiger partial charge is 0.261 e. The molecule has 0 aliphatic heterocycles. The monoisotopic (exact) mass is 449 g/mol. The van der Waals surface area contributed by atoms with Crippen LogP contribution in [0.25, 0.3) is 16.7 Å². The molecule has 3 aromatic carbocycles. The molecule has 0 atom stereocenters. The molecule has 168 valence electrons. The maximum Gasteiger partial charge on any atom is 0.261 e. The SMILES string of the molecule is O=C(COc1ncnc2c1cnn2-c1ccccc1)N(Cc1ccccc1)Cc1ccccc1. The fourth-order valence-electron chi connectivity index (χ4n) is 3.76. The topological polar surface area (TPSA) is 73.1 Å². The first kappa shape index (κ1) is 21.3. The molecule has 0 bridgehead atoms. The summed E-state index contributed by atoms with van der Waals surface area (Å²) in [5.41, 5.74) is 3.62. The molecule has 0 radical (unpaired) electrons. The van der Waals surface area contributed by atoms with Crippen LogP contribution in [0.3, 0.4) is 0 Å². The van der Waals surface area contributed by atoms with Gasteiger partial charge in [-0.3, -0.25) is 4.79 Å². The third-order valence-electron chi connectivity index (χ3n) is 5.45. The summed E-state index contributed by atoms with van der Waals surface area (Å²) in [4.78, 5) is 23.6. The largest absolute Gasteiger partial charge is 0.467 e. The number of amides is 1. The van der Waals surface area contributed by atoms with Crippen molar-refractivity contribution in [2.45, 2.75) is 13.1 Å². The number of ether oxygens (including phenoxy) is 1. The van der Waals surface area contributed by atoms with Crippen LogP contribution in [0, 0.1) is 0 Å². The third kappa shape index (κ3) is 4.78. The summed E-state index contributed by atoms with van der Waals surface area (Å²) in [6.07, 6.45) is 3.09. The van der Waals surface area contributed by atoms with Gasteiger partial charge in [-0.2, -0.15) is 5.10 Å². The van der Waals surface area contributed by atoms with E-state index < -0.39 is 0 Å². The lowest BCUT2D eigenvalue weighted by Gasteiger charge is -2.23. The second-order valence-electron chi connectivity index (χ2n) is 7.82. The van der Waals surface area contributed by atoms with Gasteiger partial charge in [-0.1, -0.05) is 78.9 Å². The molecule has 0 unspecified atom stereocenters. The van der Waals surface area contributed by atoms with Crippen LogP contribution >= 0.6 is 0 Å². The Morgan fingerprint density at radius 1 is 0.794 bits per heavy atom. The number of carbonyl (C=O) groups is 1. The molecular weight excluding hydrogens is 426 g/mol. The zero-order chi connectivity index (χ0) is 23.2. The average Bonchev–Trinajstić information content (AvgIpc) is 3.33. The van der Waals surface area contributed by atoms with Crippen LogP contribution in [-0.2, 0) is 17.9 Å². The van der Waals surface area contributed by atoms with Gasteiger partial charge in [0.2, 0.25) is 5.88 Å². The molecule has 5 rings (SSSR count). The number of rotatable bonds is 8. The van der Waals surface area contributed by atoms with Gasteiger partial charge in [0, 0.05) is 13.1 Å². The molecule has 0 N–H and O–H groups in total. The fraction of sp³-hybridized carbons (Fsp3) is 0.111. The van der Waals surface area contributed by atoms with E-state index in [2.05, 4.69) is 15.1 Å². The Labute approximate surface area is 197 Å². The fourth-order valence-corrected chi connectivity index (χ4v) is 3.76. The van der Waals surface area contributed by atoms with E-state index in [1.807, 2.05) is 91.0 Å². The minimum Gasteiger partial charge on any atom is -0.467 e. The lowest BCUT2D eigenvalue weighted by atomic mass is 10.1. The summed E-state index contributed by atoms with van der Waals surface area (Å²) in [6.45, 7) is 0.842. The Balaban J connectivity index is 1.35. The lowest BCUT2D eigenvalue weighted by molar-refractivity contribution is -0.134. The number of hydrogen-bond donors (Lipinski definition) is 0. The van der Waals surface area contributed by atoms with Gasteiger partial charge in [0.05, 0.1) is 11.9 Å². The van der Waals surface area contributed by atoms with Gasteiger partial charge in [-0.05, 0) is 23.3 Å². The van der Waals surface area contributed by atoms with Crippen molar-refractivity contribution in [3.8, 4) is 11.6 Å². The van der Waals surface area contributed by atoms with Gasteiger partial charge in [0.25, 0.3) is 5.91 Å². The molecular formula is C27H23N5O2. The van der Waals surface area contributed by atoms with E-state index in [1.54, 1.807) is 15.8 Å². The molecule has 0 saturated carbocycles. The highest BCUT2D eigenvalue weighted by Crippen LogP contribution is 2.23. The second kappa shape index (κ2) is 9.95. The van der Waals surface area contributed by atoms with E-state index in [0.29, 0.717) is 30.0 Å². The Morgan fingerprint density at radius 3 is 2.00 bits per heavy atom. The third-order valence-corrected chi connectivity index (χ3v) is 5.45. The van der Waals surface area contributed by atoms with Crippen LogP contribution < -0.4 is 4.74 Å². The molecule has 0 fully saturated rings. The standard InChI is InChI=1S/C27H23N5O2/c33-25(31(17-21-10-4-1-5-11-21)18-22-12-6-2-7-13-22)19-34-27-24-16-30-32(26(24)28-20-29-27)23-14-8-3-9-15-23/h1-16,20H,17-19H2. The minimum absolute atomic E-state index is 0.130. The van der Waals surface area contributed by atoms with Crippen molar-refractivity contribution in [2.24, 2.45) is 0 Å². The predicted molar refractivity (Wildman–Crippen MR) is 129 cm³/mol. The molecule has 2 aromatic heterocycles. The number of nitrogens with zero attached hydrogens (tertiary/aromatic N) is 5. The maximum absolute atomic E-state index is 13.2. The minimum atomic E-state index is -0.137. The number of carbonyl (C=O) groups excluding carboxylic acids is 1. The molecule has 1 amide bonds. The van der Waals surface area contributed by atoms with E-state index in [0.717, 1.165) is 16.8 Å². The summed E-state index contributed by atoms with van der Waals surface area (Å²) in [5.74, 6) is 0.204. The predicted octanol–water partition coefficient (Wildman–Crippen LogP) is 4.42. The molecule has 5 aromatic rings. The highest BCUT2D eigenvalue weighted by atomic mass is 16.5.